The molecule has 1 heterocycles. The Balaban J connectivity index is 1.93. The molecule has 0 saturated heterocycles. The molecule has 0 bridgehead atoms. The first-order valence-electron chi connectivity index (χ1n) is 5.79. The predicted octanol–water partition coefficient (Wildman–Crippen LogP) is 2.55. The molecule has 1 amide bonds. The lowest BCUT2D eigenvalue weighted by atomic mass is 10.2. The molecule has 0 radical (unpaired) electrons. The van der Waals surface area contributed by atoms with Crippen molar-refractivity contribution in [1.82, 2.24) is 15.5 Å². The molecule has 2 aromatic rings. The third-order valence-corrected chi connectivity index (χ3v) is 3.40. The maximum absolute atomic E-state index is 11.9. The maximum Gasteiger partial charge on any atom is 0.282 e. The molecule has 100 valence electrons. The molecule has 1 aromatic carbocycles. The fourth-order valence-electron chi connectivity index (χ4n) is 1.44. The second kappa shape index (κ2) is 6.49. The largest absolute Gasteiger partial charge is 0.360 e. The Kier molecular flexibility index (Phi) is 4.70. The van der Waals surface area contributed by atoms with Crippen LogP contribution in [0.3, 0.4) is 0 Å². The van der Waals surface area contributed by atoms with Crippen molar-refractivity contribution in [2.45, 2.75) is 13.5 Å². The Labute approximate surface area is 120 Å². The summed E-state index contributed by atoms with van der Waals surface area (Å²) < 4.78 is 0. The number of carbonyl (C=O) groups is 1. The molecule has 0 aliphatic carbocycles. The highest BCUT2D eigenvalue weighted by Crippen LogP contribution is 2.15. The quantitative estimate of drug-likeness (QED) is 0.890. The SMILES string of the molecule is CCNc1nnc(C(=O)NCc2cccc(Cl)c2)s1. The average Bonchev–Trinajstić information content (AvgIpc) is 2.85. The normalized spacial score (nSPS) is 10.2. The number of amides is 1. The van der Waals surface area contributed by atoms with Gasteiger partial charge in [-0.1, -0.05) is 35.1 Å². The van der Waals surface area contributed by atoms with E-state index in [9.17, 15) is 4.79 Å². The van der Waals surface area contributed by atoms with Gasteiger partial charge in [-0.2, -0.15) is 0 Å². The van der Waals surface area contributed by atoms with E-state index in [2.05, 4.69) is 20.8 Å². The van der Waals surface area contributed by atoms with Crippen LogP contribution in [0.25, 0.3) is 0 Å². The zero-order valence-electron chi connectivity index (χ0n) is 10.3. The Hall–Kier alpha value is -1.66. The lowest BCUT2D eigenvalue weighted by molar-refractivity contribution is 0.0950. The second-order valence-electron chi connectivity index (χ2n) is 3.76. The van der Waals surface area contributed by atoms with Gasteiger partial charge in [0.2, 0.25) is 10.1 Å². The van der Waals surface area contributed by atoms with E-state index < -0.39 is 0 Å². The highest BCUT2D eigenvalue weighted by atomic mass is 35.5. The Morgan fingerprint density at radius 3 is 3.00 bits per heavy atom. The van der Waals surface area contributed by atoms with Gasteiger partial charge in [-0.3, -0.25) is 4.79 Å². The van der Waals surface area contributed by atoms with E-state index in [1.54, 1.807) is 6.07 Å². The topological polar surface area (TPSA) is 66.9 Å². The molecular weight excluding hydrogens is 284 g/mol. The first-order valence-corrected chi connectivity index (χ1v) is 6.98. The van der Waals surface area contributed by atoms with Crippen LogP contribution >= 0.6 is 22.9 Å². The summed E-state index contributed by atoms with van der Waals surface area (Å²) >= 11 is 7.11. The molecular formula is C12H13ClN4OS. The first-order chi connectivity index (χ1) is 9.19. The molecule has 1 aromatic heterocycles. The molecule has 2 rings (SSSR count). The van der Waals surface area contributed by atoms with Gasteiger partial charge in [0, 0.05) is 18.1 Å². The highest BCUT2D eigenvalue weighted by molar-refractivity contribution is 7.17. The van der Waals surface area contributed by atoms with E-state index in [0.29, 0.717) is 21.7 Å². The van der Waals surface area contributed by atoms with Crippen LogP contribution in [0.4, 0.5) is 5.13 Å². The fraction of sp³-hybridized carbons (Fsp3) is 0.250. The predicted molar refractivity (Wildman–Crippen MR) is 76.7 cm³/mol. The summed E-state index contributed by atoms with van der Waals surface area (Å²) in [5, 5.41) is 15.1. The summed E-state index contributed by atoms with van der Waals surface area (Å²) in [5.41, 5.74) is 0.942. The van der Waals surface area contributed by atoms with E-state index in [4.69, 9.17) is 11.6 Å². The van der Waals surface area contributed by atoms with Gasteiger partial charge in [-0.05, 0) is 24.6 Å². The summed E-state index contributed by atoms with van der Waals surface area (Å²) in [7, 11) is 0. The molecule has 0 saturated carbocycles. The molecule has 7 heteroatoms. The van der Waals surface area contributed by atoms with Crippen molar-refractivity contribution in [2.24, 2.45) is 0 Å². The number of rotatable bonds is 5. The summed E-state index contributed by atoms with van der Waals surface area (Å²) in [5.74, 6) is -0.235. The van der Waals surface area contributed by atoms with Gasteiger partial charge in [0.1, 0.15) is 0 Å². The minimum atomic E-state index is -0.235. The van der Waals surface area contributed by atoms with Crippen LogP contribution in [0.15, 0.2) is 24.3 Å². The molecule has 0 fully saturated rings. The van der Waals surface area contributed by atoms with E-state index in [0.717, 1.165) is 12.1 Å². The summed E-state index contributed by atoms with van der Waals surface area (Å²) in [4.78, 5) is 11.9. The third kappa shape index (κ3) is 3.90. The zero-order valence-corrected chi connectivity index (χ0v) is 11.9. The van der Waals surface area contributed by atoms with Gasteiger partial charge in [-0.25, -0.2) is 0 Å². The molecule has 5 nitrogen and oxygen atoms in total. The van der Waals surface area contributed by atoms with E-state index >= 15 is 0 Å². The lowest BCUT2D eigenvalue weighted by Crippen LogP contribution is -2.22. The minimum absolute atomic E-state index is 0.235. The second-order valence-corrected chi connectivity index (χ2v) is 5.17. The van der Waals surface area contributed by atoms with Gasteiger partial charge in [0.25, 0.3) is 5.91 Å². The molecule has 0 aliphatic heterocycles. The molecule has 19 heavy (non-hydrogen) atoms. The first kappa shape index (κ1) is 13.8. The number of aromatic nitrogens is 2. The van der Waals surface area contributed by atoms with Crippen LogP contribution in [0, 0.1) is 0 Å². The Bertz CT molecular complexity index is 572. The number of carbonyl (C=O) groups excluding carboxylic acids is 1. The van der Waals surface area contributed by atoms with Crippen molar-refractivity contribution in [3.63, 3.8) is 0 Å². The standard InChI is InChI=1S/C12H13ClN4OS/c1-2-14-12-17-16-11(19-12)10(18)15-7-8-4-3-5-9(13)6-8/h3-6H,2,7H2,1H3,(H,14,17)(H,15,18). The highest BCUT2D eigenvalue weighted by Gasteiger charge is 2.11. The average molecular weight is 297 g/mol. The van der Waals surface area contributed by atoms with Gasteiger partial charge < -0.3 is 10.6 Å². The number of nitrogens with one attached hydrogen (secondary N) is 2. The smallest absolute Gasteiger partial charge is 0.282 e. The van der Waals surface area contributed by atoms with Crippen molar-refractivity contribution in [3.8, 4) is 0 Å². The Morgan fingerprint density at radius 1 is 1.42 bits per heavy atom. The molecule has 0 aliphatic rings. The number of hydrogen-bond donors (Lipinski definition) is 2. The zero-order chi connectivity index (χ0) is 13.7. The minimum Gasteiger partial charge on any atom is -0.360 e. The number of halogens is 1. The van der Waals surface area contributed by atoms with Crippen LogP contribution in [-0.2, 0) is 6.54 Å². The third-order valence-electron chi connectivity index (χ3n) is 2.29. The number of hydrogen-bond acceptors (Lipinski definition) is 5. The van der Waals surface area contributed by atoms with E-state index in [1.165, 1.54) is 11.3 Å². The lowest BCUT2D eigenvalue weighted by Gasteiger charge is -2.03. The van der Waals surface area contributed by atoms with E-state index in [-0.39, 0.29) is 5.91 Å². The summed E-state index contributed by atoms with van der Waals surface area (Å²) in [6.45, 7) is 3.12. The van der Waals surface area contributed by atoms with Crippen LogP contribution in [0.5, 0.6) is 0 Å². The molecule has 0 atom stereocenters. The molecule has 0 unspecified atom stereocenters. The van der Waals surface area contributed by atoms with Crippen LogP contribution in [0.2, 0.25) is 5.02 Å². The van der Waals surface area contributed by atoms with Gasteiger partial charge in [0.15, 0.2) is 0 Å². The van der Waals surface area contributed by atoms with Crippen LogP contribution in [-0.4, -0.2) is 22.6 Å². The number of nitrogens with zero attached hydrogens (tertiary/aromatic N) is 2. The van der Waals surface area contributed by atoms with Crippen molar-refractivity contribution in [3.05, 3.63) is 39.9 Å². The molecule has 0 spiro atoms. The van der Waals surface area contributed by atoms with Crippen molar-refractivity contribution in [1.29, 1.82) is 0 Å². The van der Waals surface area contributed by atoms with Gasteiger partial charge in [0.05, 0.1) is 0 Å². The van der Waals surface area contributed by atoms with Crippen LogP contribution in [0.1, 0.15) is 22.3 Å². The Morgan fingerprint density at radius 2 is 2.26 bits per heavy atom. The molecule has 2 N–H and O–H groups in total. The van der Waals surface area contributed by atoms with Gasteiger partial charge in [-0.15, -0.1) is 10.2 Å². The van der Waals surface area contributed by atoms with Crippen molar-refractivity contribution in [2.75, 3.05) is 11.9 Å². The number of benzene rings is 1. The summed E-state index contributed by atoms with van der Waals surface area (Å²) in [6.07, 6.45) is 0. The van der Waals surface area contributed by atoms with Crippen molar-refractivity contribution < 1.29 is 4.79 Å². The van der Waals surface area contributed by atoms with Gasteiger partial charge >= 0.3 is 0 Å². The van der Waals surface area contributed by atoms with E-state index in [1.807, 2.05) is 25.1 Å². The van der Waals surface area contributed by atoms with Crippen molar-refractivity contribution >= 4 is 34.0 Å². The monoisotopic (exact) mass is 296 g/mol. The maximum atomic E-state index is 11.9. The summed E-state index contributed by atoms with van der Waals surface area (Å²) in [6, 6.07) is 7.35. The van der Waals surface area contributed by atoms with Crippen LogP contribution < -0.4 is 10.6 Å². The number of anilines is 1. The fourth-order valence-corrected chi connectivity index (χ4v) is 2.38.